The molecule has 0 aliphatic rings. The lowest BCUT2D eigenvalue weighted by atomic mass is 10.2. The molecule has 4 nitrogen and oxygen atoms in total. The van der Waals surface area contributed by atoms with Crippen molar-refractivity contribution >= 4 is 17.6 Å². The van der Waals surface area contributed by atoms with Crippen molar-refractivity contribution < 1.29 is 14.0 Å². The van der Waals surface area contributed by atoms with Gasteiger partial charge >= 0.3 is 0 Å². The van der Waals surface area contributed by atoms with E-state index in [2.05, 4.69) is 10.1 Å². The van der Waals surface area contributed by atoms with Gasteiger partial charge in [-0.15, -0.1) is 0 Å². The molecule has 0 spiro atoms. The highest BCUT2D eigenvalue weighted by Crippen LogP contribution is 2.28. The van der Waals surface area contributed by atoms with Crippen molar-refractivity contribution in [2.45, 2.75) is 16.8 Å². The SMILES string of the molecule is Cc1cc(/C(N)=N/O)cc(Sc2ccc(F)c(F)c2)n1. The van der Waals surface area contributed by atoms with E-state index in [9.17, 15) is 8.78 Å². The topological polar surface area (TPSA) is 71.5 Å². The molecule has 0 bridgehead atoms. The molecule has 0 saturated carbocycles. The molecule has 1 heterocycles. The lowest BCUT2D eigenvalue weighted by Gasteiger charge is -2.06. The fourth-order valence-corrected chi connectivity index (χ4v) is 2.47. The number of pyridine rings is 1. The van der Waals surface area contributed by atoms with E-state index in [1.807, 2.05) is 0 Å². The highest BCUT2D eigenvalue weighted by atomic mass is 32.2. The number of nitrogens with two attached hydrogens (primary N) is 1. The quantitative estimate of drug-likeness (QED) is 0.395. The molecule has 1 aromatic heterocycles. The van der Waals surface area contributed by atoms with Crippen LogP contribution < -0.4 is 5.73 Å². The van der Waals surface area contributed by atoms with Crippen molar-refractivity contribution in [3.05, 3.63) is 53.2 Å². The molecule has 0 fully saturated rings. The van der Waals surface area contributed by atoms with Gasteiger partial charge in [-0.05, 0) is 37.3 Å². The minimum absolute atomic E-state index is 0.0392. The summed E-state index contributed by atoms with van der Waals surface area (Å²) in [6.45, 7) is 1.75. The summed E-state index contributed by atoms with van der Waals surface area (Å²) >= 11 is 1.16. The van der Waals surface area contributed by atoms with Crippen LogP contribution in [0.3, 0.4) is 0 Å². The van der Waals surface area contributed by atoms with Crippen LogP contribution in [0.5, 0.6) is 0 Å². The molecule has 0 saturated heterocycles. The molecule has 7 heteroatoms. The Morgan fingerprint density at radius 2 is 2.00 bits per heavy atom. The first kappa shape index (κ1) is 14.3. The van der Waals surface area contributed by atoms with Crippen molar-refractivity contribution in [2.75, 3.05) is 0 Å². The first-order valence-corrected chi connectivity index (χ1v) is 6.40. The van der Waals surface area contributed by atoms with Gasteiger partial charge in [0.05, 0.1) is 0 Å². The van der Waals surface area contributed by atoms with Gasteiger partial charge in [0.15, 0.2) is 17.5 Å². The minimum Gasteiger partial charge on any atom is -0.409 e. The normalized spacial score (nSPS) is 11.7. The maximum atomic E-state index is 13.1. The highest BCUT2D eigenvalue weighted by molar-refractivity contribution is 7.99. The van der Waals surface area contributed by atoms with Crippen LogP contribution in [0.15, 0.2) is 45.4 Å². The zero-order valence-corrected chi connectivity index (χ0v) is 11.3. The number of aryl methyl sites for hydroxylation is 1. The van der Waals surface area contributed by atoms with Crippen molar-refractivity contribution in [1.29, 1.82) is 0 Å². The Labute approximate surface area is 118 Å². The molecule has 0 radical (unpaired) electrons. The molecule has 104 valence electrons. The average molecular weight is 295 g/mol. The van der Waals surface area contributed by atoms with E-state index in [-0.39, 0.29) is 5.84 Å². The van der Waals surface area contributed by atoms with Gasteiger partial charge in [-0.2, -0.15) is 0 Å². The number of aromatic nitrogens is 1. The van der Waals surface area contributed by atoms with Gasteiger partial charge in [0.25, 0.3) is 0 Å². The van der Waals surface area contributed by atoms with E-state index in [0.29, 0.717) is 21.2 Å². The number of amidine groups is 1. The van der Waals surface area contributed by atoms with Gasteiger partial charge in [0.2, 0.25) is 0 Å². The molecule has 1 aromatic carbocycles. The van der Waals surface area contributed by atoms with Gasteiger partial charge in [-0.3, -0.25) is 0 Å². The molecule has 20 heavy (non-hydrogen) atoms. The number of halogens is 2. The van der Waals surface area contributed by atoms with E-state index in [4.69, 9.17) is 10.9 Å². The van der Waals surface area contributed by atoms with Gasteiger partial charge in [-0.1, -0.05) is 16.9 Å². The lowest BCUT2D eigenvalue weighted by molar-refractivity contribution is 0.318. The van der Waals surface area contributed by atoms with Gasteiger partial charge in [-0.25, -0.2) is 13.8 Å². The standard InChI is InChI=1S/C13H11F2N3OS/c1-7-4-8(13(16)18-19)5-12(17-7)20-9-2-3-10(14)11(15)6-9/h2-6,19H,1H3,(H2,16,18). The van der Waals surface area contributed by atoms with Gasteiger partial charge in [0, 0.05) is 16.2 Å². The van der Waals surface area contributed by atoms with Crippen molar-refractivity contribution in [3.63, 3.8) is 0 Å². The fourth-order valence-electron chi connectivity index (χ4n) is 1.56. The van der Waals surface area contributed by atoms with E-state index in [1.54, 1.807) is 19.1 Å². The molecule has 0 amide bonds. The molecule has 2 aromatic rings. The van der Waals surface area contributed by atoms with Gasteiger partial charge in [0.1, 0.15) is 5.03 Å². The maximum absolute atomic E-state index is 13.1. The van der Waals surface area contributed by atoms with E-state index >= 15 is 0 Å². The van der Waals surface area contributed by atoms with Crippen molar-refractivity contribution in [1.82, 2.24) is 4.98 Å². The van der Waals surface area contributed by atoms with Crippen LogP contribution >= 0.6 is 11.8 Å². The molecule has 0 aliphatic carbocycles. The summed E-state index contributed by atoms with van der Waals surface area (Å²) in [4.78, 5) is 4.76. The summed E-state index contributed by atoms with van der Waals surface area (Å²) in [5.74, 6) is -1.86. The summed E-state index contributed by atoms with van der Waals surface area (Å²) in [6.07, 6.45) is 0. The second kappa shape index (κ2) is 5.87. The van der Waals surface area contributed by atoms with Crippen LogP contribution in [0, 0.1) is 18.6 Å². The Bertz CT molecular complexity index is 677. The van der Waals surface area contributed by atoms with Crippen LogP contribution in [0.1, 0.15) is 11.3 Å². The Morgan fingerprint density at radius 1 is 1.25 bits per heavy atom. The third-order valence-corrected chi connectivity index (χ3v) is 3.35. The van der Waals surface area contributed by atoms with E-state index in [1.165, 1.54) is 6.07 Å². The summed E-state index contributed by atoms with van der Waals surface area (Å²) in [5, 5.41) is 12.1. The zero-order chi connectivity index (χ0) is 14.7. The Kier molecular flexibility index (Phi) is 4.19. The van der Waals surface area contributed by atoms with Crippen LogP contribution in [0.25, 0.3) is 0 Å². The van der Waals surface area contributed by atoms with Crippen molar-refractivity contribution in [3.8, 4) is 0 Å². The van der Waals surface area contributed by atoms with Crippen LogP contribution in [-0.2, 0) is 0 Å². The van der Waals surface area contributed by atoms with E-state index < -0.39 is 11.6 Å². The van der Waals surface area contributed by atoms with Crippen LogP contribution in [0.4, 0.5) is 8.78 Å². The summed E-state index contributed by atoms with van der Waals surface area (Å²) in [5.41, 5.74) is 6.69. The molecular weight excluding hydrogens is 284 g/mol. The minimum atomic E-state index is -0.917. The average Bonchev–Trinajstić information content (AvgIpc) is 2.41. The molecule has 0 atom stereocenters. The number of benzene rings is 1. The molecule has 0 unspecified atom stereocenters. The first-order chi connectivity index (χ1) is 9.49. The number of rotatable bonds is 3. The number of nitrogens with zero attached hydrogens (tertiary/aromatic N) is 2. The second-order valence-electron chi connectivity index (χ2n) is 4.00. The number of hydrogen-bond donors (Lipinski definition) is 2. The molecular formula is C13H11F2N3OS. The Hall–Kier alpha value is -2.15. The number of hydrogen-bond acceptors (Lipinski definition) is 4. The second-order valence-corrected chi connectivity index (χ2v) is 5.09. The zero-order valence-electron chi connectivity index (χ0n) is 10.5. The fraction of sp³-hybridized carbons (Fsp3) is 0.0769. The predicted molar refractivity (Wildman–Crippen MR) is 72.0 cm³/mol. The van der Waals surface area contributed by atoms with E-state index in [0.717, 1.165) is 23.9 Å². The number of oxime groups is 1. The third-order valence-electron chi connectivity index (χ3n) is 2.45. The smallest absolute Gasteiger partial charge is 0.170 e. The maximum Gasteiger partial charge on any atom is 0.170 e. The molecule has 3 N–H and O–H groups in total. The van der Waals surface area contributed by atoms with Gasteiger partial charge < -0.3 is 10.9 Å². The highest BCUT2D eigenvalue weighted by Gasteiger charge is 2.08. The Balaban J connectivity index is 2.33. The van der Waals surface area contributed by atoms with Crippen LogP contribution in [-0.4, -0.2) is 16.0 Å². The summed E-state index contributed by atoms with van der Waals surface area (Å²) in [6, 6.07) is 6.86. The molecule has 2 rings (SSSR count). The first-order valence-electron chi connectivity index (χ1n) is 5.59. The van der Waals surface area contributed by atoms with Crippen LogP contribution in [0.2, 0.25) is 0 Å². The lowest BCUT2D eigenvalue weighted by Crippen LogP contribution is -2.13. The predicted octanol–water partition coefficient (Wildman–Crippen LogP) is 2.91. The monoisotopic (exact) mass is 295 g/mol. The summed E-state index contributed by atoms with van der Waals surface area (Å²) in [7, 11) is 0. The van der Waals surface area contributed by atoms with Crippen molar-refractivity contribution in [2.24, 2.45) is 10.9 Å². The third kappa shape index (κ3) is 3.24. The molecule has 0 aliphatic heterocycles. The summed E-state index contributed by atoms with van der Waals surface area (Å²) < 4.78 is 26.0. The Morgan fingerprint density at radius 3 is 2.65 bits per heavy atom. The largest absolute Gasteiger partial charge is 0.409 e.